The van der Waals surface area contributed by atoms with Crippen molar-refractivity contribution in [2.75, 3.05) is 12.0 Å². The van der Waals surface area contributed by atoms with Gasteiger partial charge in [0.25, 0.3) is 11.8 Å². The molecule has 1 heterocycles. The number of hydrogen-bond acceptors (Lipinski definition) is 5. The SMILES string of the molecule is CCC(C)C(=O)N(NC(=O)c1ccccc1)C1CC(=O)N(c2cccc(OC)c2)C1=O. The quantitative estimate of drug-likeness (QED) is 0.569. The van der Waals surface area contributed by atoms with Gasteiger partial charge in [0.15, 0.2) is 0 Å². The number of nitrogens with one attached hydrogen (secondary N) is 1. The Morgan fingerprint density at radius 3 is 2.52 bits per heavy atom. The number of amides is 4. The van der Waals surface area contributed by atoms with Crippen molar-refractivity contribution in [2.45, 2.75) is 32.7 Å². The monoisotopic (exact) mass is 423 g/mol. The summed E-state index contributed by atoms with van der Waals surface area (Å²) in [5.74, 6) is -1.94. The van der Waals surface area contributed by atoms with E-state index in [9.17, 15) is 19.2 Å². The van der Waals surface area contributed by atoms with Crippen molar-refractivity contribution in [1.29, 1.82) is 0 Å². The first-order valence-electron chi connectivity index (χ1n) is 10.1. The van der Waals surface area contributed by atoms with Gasteiger partial charge in [-0.3, -0.25) is 24.6 Å². The van der Waals surface area contributed by atoms with E-state index in [4.69, 9.17) is 4.74 Å². The number of hydrazine groups is 1. The minimum Gasteiger partial charge on any atom is -0.497 e. The van der Waals surface area contributed by atoms with Gasteiger partial charge < -0.3 is 4.74 Å². The van der Waals surface area contributed by atoms with E-state index < -0.39 is 35.6 Å². The maximum absolute atomic E-state index is 13.2. The van der Waals surface area contributed by atoms with Crippen molar-refractivity contribution in [3.05, 3.63) is 60.2 Å². The van der Waals surface area contributed by atoms with Crippen LogP contribution < -0.4 is 15.1 Å². The molecule has 0 aromatic heterocycles. The summed E-state index contributed by atoms with van der Waals surface area (Å²) in [4.78, 5) is 52.7. The number of methoxy groups -OCH3 is 1. The molecular weight excluding hydrogens is 398 g/mol. The summed E-state index contributed by atoms with van der Waals surface area (Å²) in [6.07, 6.45) is 0.290. The van der Waals surface area contributed by atoms with Crippen LogP contribution in [0, 0.1) is 5.92 Å². The Morgan fingerprint density at radius 1 is 1.16 bits per heavy atom. The third-order valence-electron chi connectivity index (χ3n) is 5.28. The molecule has 1 fully saturated rings. The molecule has 2 aromatic rings. The molecule has 4 amide bonds. The third-order valence-corrected chi connectivity index (χ3v) is 5.28. The highest BCUT2D eigenvalue weighted by molar-refractivity contribution is 6.23. The van der Waals surface area contributed by atoms with Crippen molar-refractivity contribution >= 4 is 29.3 Å². The smallest absolute Gasteiger partial charge is 0.269 e. The number of hydrogen-bond donors (Lipinski definition) is 1. The highest BCUT2D eigenvalue weighted by Crippen LogP contribution is 2.28. The zero-order chi connectivity index (χ0) is 22.5. The second-order valence-corrected chi connectivity index (χ2v) is 7.31. The van der Waals surface area contributed by atoms with Gasteiger partial charge in [0.2, 0.25) is 11.8 Å². The predicted octanol–water partition coefficient (Wildman–Crippen LogP) is 2.55. The molecule has 1 aliphatic rings. The fourth-order valence-electron chi connectivity index (χ4n) is 3.30. The lowest BCUT2D eigenvalue weighted by Crippen LogP contribution is -2.56. The normalized spacial score (nSPS) is 16.7. The summed E-state index contributed by atoms with van der Waals surface area (Å²) < 4.78 is 5.17. The zero-order valence-corrected chi connectivity index (χ0v) is 17.7. The van der Waals surface area contributed by atoms with E-state index in [-0.39, 0.29) is 6.42 Å². The molecule has 2 atom stereocenters. The molecule has 162 valence electrons. The van der Waals surface area contributed by atoms with Crippen LogP contribution in [0.1, 0.15) is 37.0 Å². The number of ether oxygens (including phenoxy) is 1. The summed E-state index contributed by atoms with van der Waals surface area (Å²) in [7, 11) is 1.49. The molecule has 1 saturated heterocycles. The first-order chi connectivity index (χ1) is 14.9. The van der Waals surface area contributed by atoms with Gasteiger partial charge in [-0.2, -0.15) is 0 Å². The van der Waals surface area contributed by atoms with Gasteiger partial charge in [0.05, 0.1) is 19.2 Å². The van der Waals surface area contributed by atoms with Crippen LogP contribution in [-0.2, 0) is 14.4 Å². The Bertz CT molecular complexity index is 992. The van der Waals surface area contributed by atoms with Gasteiger partial charge in [-0.15, -0.1) is 0 Å². The number of rotatable bonds is 6. The van der Waals surface area contributed by atoms with Crippen LogP contribution in [0.4, 0.5) is 5.69 Å². The Balaban J connectivity index is 1.91. The standard InChI is InChI=1S/C23H25N3O5/c1-4-15(2)22(29)26(24-21(28)16-9-6-5-7-10-16)19-14-20(27)25(23(19)30)17-11-8-12-18(13-17)31-3/h5-13,15,19H,4,14H2,1-3H3,(H,24,28). The van der Waals surface area contributed by atoms with Crippen molar-refractivity contribution < 1.29 is 23.9 Å². The maximum atomic E-state index is 13.2. The van der Waals surface area contributed by atoms with E-state index in [1.54, 1.807) is 61.5 Å². The molecule has 8 nitrogen and oxygen atoms in total. The number of nitrogens with zero attached hydrogens (tertiary/aromatic N) is 2. The van der Waals surface area contributed by atoms with Gasteiger partial charge in [-0.05, 0) is 30.7 Å². The fraction of sp³-hybridized carbons (Fsp3) is 0.304. The van der Waals surface area contributed by atoms with Crippen LogP contribution >= 0.6 is 0 Å². The lowest BCUT2D eigenvalue weighted by Gasteiger charge is -2.30. The van der Waals surface area contributed by atoms with Gasteiger partial charge >= 0.3 is 0 Å². The number of benzene rings is 2. The topological polar surface area (TPSA) is 96.0 Å². The molecule has 0 saturated carbocycles. The van der Waals surface area contributed by atoms with E-state index >= 15 is 0 Å². The molecule has 0 aliphatic carbocycles. The first kappa shape index (κ1) is 22.0. The van der Waals surface area contributed by atoms with Gasteiger partial charge in [-0.1, -0.05) is 38.1 Å². The number of carbonyl (C=O) groups is 4. The number of carbonyl (C=O) groups excluding carboxylic acids is 4. The highest BCUT2D eigenvalue weighted by atomic mass is 16.5. The predicted molar refractivity (Wildman–Crippen MR) is 114 cm³/mol. The van der Waals surface area contributed by atoms with Gasteiger partial charge in [0, 0.05) is 17.5 Å². The van der Waals surface area contributed by atoms with Crippen LogP contribution in [0.15, 0.2) is 54.6 Å². The molecule has 0 bridgehead atoms. The van der Waals surface area contributed by atoms with Gasteiger partial charge in [-0.25, -0.2) is 9.91 Å². The molecule has 8 heteroatoms. The summed E-state index contributed by atoms with van der Waals surface area (Å²) in [5, 5.41) is 1.02. The van der Waals surface area contributed by atoms with Crippen molar-refractivity contribution in [3.8, 4) is 5.75 Å². The maximum Gasteiger partial charge on any atom is 0.269 e. The Kier molecular flexibility index (Phi) is 6.69. The average Bonchev–Trinajstić information content (AvgIpc) is 3.10. The summed E-state index contributed by atoms with van der Waals surface area (Å²) >= 11 is 0. The molecule has 1 aliphatic heterocycles. The lowest BCUT2D eigenvalue weighted by molar-refractivity contribution is -0.144. The molecule has 2 unspecified atom stereocenters. The summed E-state index contributed by atoms with van der Waals surface area (Å²) in [6, 6.07) is 13.8. The second-order valence-electron chi connectivity index (χ2n) is 7.31. The Labute approximate surface area is 180 Å². The van der Waals surface area contributed by atoms with Crippen molar-refractivity contribution in [3.63, 3.8) is 0 Å². The van der Waals surface area contributed by atoms with E-state index in [1.165, 1.54) is 7.11 Å². The number of anilines is 1. The molecule has 3 rings (SSSR count). The molecule has 2 aromatic carbocycles. The van der Waals surface area contributed by atoms with E-state index in [1.807, 2.05) is 6.92 Å². The van der Waals surface area contributed by atoms with Crippen molar-refractivity contribution in [2.24, 2.45) is 5.92 Å². The number of imide groups is 1. The van der Waals surface area contributed by atoms with Crippen LogP contribution in [-0.4, -0.2) is 41.8 Å². The van der Waals surface area contributed by atoms with E-state index in [0.29, 0.717) is 23.4 Å². The Hall–Kier alpha value is -3.68. The van der Waals surface area contributed by atoms with E-state index in [0.717, 1.165) is 9.91 Å². The van der Waals surface area contributed by atoms with Gasteiger partial charge in [0.1, 0.15) is 11.8 Å². The van der Waals surface area contributed by atoms with Crippen LogP contribution in [0.3, 0.4) is 0 Å². The Morgan fingerprint density at radius 2 is 1.87 bits per heavy atom. The van der Waals surface area contributed by atoms with Crippen molar-refractivity contribution in [1.82, 2.24) is 10.4 Å². The summed E-state index contributed by atoms with van der Waals surface area (Å²) in [5.41, 5.74) is 3.24. The van der Waals surface area contributed by atoms with Crippen LogP contribution in [0.25, 0.3) is 0 Å². The first-order valence-corrected chi connectivity index (χ1v) is 10.1. The molecule has 0 radical (unpaired) electrons. The molecular formula is C23H25N3O5. The van der Waals surface area contributed by atoms with Crippen LogP contribution in [0.5, 0.6) is 5.75 Å². The summed E-state index contributed by atoms with van der Waals surface area (Å²) in [6.45, 7) is 3.55. The third kappa shape index (κ3) is 4.58. The largest absolute Gasteiger partial charge is 0.497 e. The minimum atomic E-state index is -1.13. The highest BCUT2D eigenvalue weighted by Gasteiger charge is 2.46. The van der Waals surface area contributed by atoms with E-state index in [2.05, 4.69) is 5.43 Å². The lowest BCUT2D eigenvalue weighted by atomic mass is 10.1. The van der Waals surface area contributed by atoms with Crippen LogP contribution in [0.2, 0.25) is 0 Å². The average molecular weight is 423 g/mol. The molecule has 31 heavy (non-hydrogen) atoms. The second kappa shape index (κ2) is 9.42. The molecule has 0 spiro atoms. The fourth-order valence-corrected chi connectivity index (χ4v) is 3.30. The molecule has 1 N–H and O–H groups in total. The minimum absolute atomic E-state index is 0.229. The zero-order valence-electron chi connectivity index (χ0n) is 17.7.